The molecule has 0 aliphatic carbocycles. The number of furan rings is 1. The van der Waals surface area contributed by atoms with E-state index in [0.717, 1.165) is 29.5 Å². The molecular weight excluding hydrogens is 304 g/mol. The van der Waals surface area contributed by atoms with Crippen LogP contribution in [0.4, 0.5) is 5.69 Å². The Bertz CT molecular complexity index is 622. The molecule has 0 spiro atoms. The van der Waals surface area contributed by atoms with E-state index in [1.54, 1.807) is 6.26 Å². The summed E-state index contributed by atoms with van der Waals surface area (Å²) in [5.41, 5.74) is 2.24. The number of thiocarbonyl (C=S) groups is 1. The van der Waals surface area contributed by atoms with Gasteiger partial charge in [-0.3, -0.25) is 0 Å². The van der Waals surface area contributed by atoms with Crippen molar-refractivity contribution in [3.8, 4) is 0 Å². The molecule has 2 rings (SSSR count). The van der Waals surface area contributed by atoms with E-state index < -0.39 is 0 Å². The summed E-state index contributed by atoms with van der Waals surface area (Å²) in [7, 11) is 0. The second-order valence-electron chi connectivity index (χ2n) is 6.37. The second-order valence-corrected chi connectivity index (χ2v) is 6.75. The van der Waals surface area contributed by atoms with Crippen LogP contribution in [0.1, 0.15) is 44.6 Å². The van der Waals surface area contributed by atoms with Crippen LogP contribution in [0.2, 0.25) is 0 Å². The van der Waals surface area contributed by atoms with Gasteiger partial charge in [0, 0.05) is 12.2 Å². The number of hydrogen-bond donors (Lipinski definition) is 1. The van der Waals surface area contributed by atoms with E-state index in [2.05, 4.69) is 50.0 Å². The first kappa shape index (κ1) is 17.5. The molecule has 23 heavy (non-hydrogen) atoms. The van der Waals surface area contributed by atoms with Gasteiger partial charge in [0.15, 0.2) is 5.11 Å². The number of hydrogen-bond acceptors (Lipinski definition) is 2. The molecule has 0 bridgehead atoms. The van der Waals surface area contributed by atoms with E-state index in [1.165, 1.54) is 5.56 Å². The van der Waals surface area contributed by atoms with Gasteiger partial charge in [-0.15, -0.1) is 0 Å². The number of benzene rings is 1. The second kappa shape index (κ2) is 8.16. The first-order chi connectivity index (χ1) is 11.0. The third-order valence-corrected chi connectivity index (χ3v) is 4.24. The quantitative estimate of drug-likeness (QED) is 0.718. The highest BCUT2D eigenvalue weighted by molar-refractivity contribution is 7.80. The van der Waals surface area contributed by atoms with Gasteiger partial charge in [0.1, 0.15) is 5.76 Å². The van der Waals surface area contributed by atoms with Gasteiger partial charge in [-0.1, -0.05) is 26.0 Å². The van der Waals surface area contributed by atoms with Crippen molar-refractivity contribution in [3.05, 3.63) is 54.0 Å². The number of nitrogens with zero attached hydrogens (tertiary/aromatic N) is 1. The van der Waals surface area contributed by atoms with Crippen molar-refractivity contribution in [1.29, 1.82) is 0 Å². The molecule has 0 aliphatic heterocycles. The zero-order valence-corrected chi connectivity index (χ0v) is 15.2. The van der Waals surface area contributed by atoms with Gasteiger partial charge < -0.3 is 14.6 Å². The van der Waals surface area contributed by atoms with Gasteiger partial charge in [0.2, 0.25) is 0 Å². The lowest BCUT2D eigenvalue weighted by molar-refractivity contribution is 0.281. The van der Waals surface area contributed by atoms with Gasteiger partial charge >= 0.3 is 0 Å². The van der Waals surface area contributed by atoms with Crippen molar-refractivity contribution in [2.24, 2.45) is 5.92 Å². The standard InChI is InChI=1S/C19H26N2OS/c1-14(2)10-11-21(16(4)18-9-6-12-22-18)19(23)20-17-8-5-7-15(3)13-17/h5-9,12-14,16H,10-11H2,1-4H3,(H,20,23). The fraction of sp³-hybridized carbons (Fsp3) is 0.421. The van der Waals surface area contributed by atoms with Crippen LogP contribution in [0, 0.1) is 12.8 Å². The normalized spacial score (nSPS) is 12.2. The molecule has 0 aliphatic rings. The third kappa shape index (κ3) is 5.10. The summed E-state index contributed by atoms with van der Waals surface area (Å²) < 4.78 is 5.57. The average Bonchev–Trinajstić information content (AvgIpc) is 3.01. The van der Waals surface area contributed by atoms with Crippen LogP contribution in [0.15, 0.2) is 47.1 Å². The molecule has 0 amide bonds. The lowest BCUT2D eigenvalue weighted by atomic mass is 10.1. The minimum Gasteiger partial charge on any atom is -0.467 e. The Kier molecular flexibility index (Phi) is 6.22. The predicted molar refractivity (Wildman–Crippen MR) is 101 cm³/mol. The lowest BCUT2D eigenvalue weighted by Crippen LogP contribution is -2.38. The van der Waals surface area contributed by atoms with Gasteiger partial charge in [-0.2, -0.15) is 0 Å². The summed E-state index contributed by atoms with van der Waals surface area (Å²) in [6, 6.07) is 12.3. The van der Waals surface area contributed by atoms with Gasteiger partial charge in [-0.25, -0.2) is 0 Å². The molecule has 1 atom stereocenters. The van der Waals surface area contributed by atoms with Crippen molar-refractivity contribution >= 4 is 23.0 Å². The summed E-state index contributed by atoms with van der Waals surface area (Å²) in [4.78, 5) is 2.20. The number of anilines is 1. The zero-order chi connectivity index (χ0) is 16.8. The van der Waals surface area contributed by atoms with Crippen LogP contribution in [0.25, 0.3) is 0 Å². The monoisotopic (exact) mass is 330 g/mol. The molecule has 1 aromatic heterocycles. The van der Waals surface area contributed by atoms with Crippen LogP contribution < -0.4 is 5.32 Å². The van der Waals surface area contributed by atoms with Gasteiger partial charge in [0.25, 0.3) is 0 Å². The van der Waals surface area contributed by atoms with Crippen molar-refractivity contribution in [1.82, 2.24) is 4.90 Å². The minimum absolute atomic E-state index is 0.105. The molecule has 0 saturated heterocycles. The topological polar surface area (TPSA) is 28.4 Å². The zero-order valence-electron chi connectivity index (χ0n) is 14.4. The van der Waals surface area contributed by atoms with Crippen LogP contribution in [-0.4, -0.2) is 16.6 Å². The molecule has 1 unspecified atom stereocenters. The van der Waals surface area contributed by atoms with Crippen molar-refractivity contribution in [3.63, 3.8) is 0 Å². The molecule has 0 saturated carbocycles. The summed E-state index contributed by atoms with van der Waals surface area (Å²) in [6.45, 7) is 9.57. The average molecular weight is 330 g/mol. The summed E-state index contributed by atoms with van der Waals surface area (Å²) in [6.07, 6.45) is 2.80. The number of rotatable bonds is 6. The van der Waals surface area contributed by atoms with Crippen molar-refractivity contribution in [2.45, 2.75) is 40.2 Å². The summed E-state index contributed by atoms with van der Waals surface area (Å²) in [5, 5.41) is 4.10. The fourth-order valence-corrected chi connectivity index (χ4v) is 2.84. The minimum atomic E-state index is 0.105. The Labute approximate surface area is 144 Å². The maximum absolute atomic E-state index is 5.68. The van der Waals surface area contributed by atoms with E-state index in [-0.39, 0.29) is 6.04 Å². The van der Waals surface area contributed by atoms with Gasteiger partial charge in [0.05, 0.1) is 12.3 Å². The number of aryl methyl sites for hydroxylation is 1. The molecular formula is C19H26N2OS. The molecule has 1 heterocycles. The van der Waals surface area contributed by atoms with Crippen LogP contribution >= 0.6 is 12.2 Å². The van der Waals surface area contributed by atoms with Gasteiger partial charge in [-0.05, 0) is 68.2 Å². The van der Waals surface area contributed by atoms with E-state index >= 15 is 0 Å². The molecule has 124 valence electrons. The summed E-state index contributed by atoms with van der Waals surface area (Å²) >= 11 is 5.68. The molecule has 1 aromatic carbocycles. The Morgan fingerprint density at radius 3 is 2.61 bits per heavy atom. The van der Waals surface area contributed by atoms with E-state index in [1.807, 2.05) is 24.3 Å². The predicted octanol–water partition coefficient (Wildman–Crippen LogP) is 5.39. The first-order valence-corrected chi connectivity index (χ1v) is 8.56. The molecule has 3 nitrogen and oxygen atoms in total. The van der Waals surface area contributed by atoms with Crippen LogP contribution in [-0.2, 0) is 0 Å². The Morgan fingerprint density at radius 1 is 1.22 bits per heavy atom. The van der Waals surface area contributed by atoms with Crippen molar-refractivity contribution in [2.75, 3.05) is 11.9 Å². The van der Waals surface area contributed by atoms with Crippen molar-refractivity contribution < 1.29 is 4.42 Å². The van der Waals surface area contributed by atoms with E-state index in [4.69, 9.17) is 16.6 Å². The fourth-order valence-electron chi connectivity index (χ4n) is 2.47. The highest BCUT2D eigenvalue weighted by atomic mass is 32.1. The Hall–Kier alpha value is -1.81. The van der Waals surface area contributed by atoms with Crippen LogP contribution in [0.3, 0.4) is 0 Å². The molecule has 1 N–H and O–H groups in total. The van der Waals surface area contributed by atoms with Crippen LogP contribution in [0.5, 0.6) is 0 Å². The maximum atomic E-state index is 5.68. The largest absolute Gasteiger partial charge is 0.467 e. The smallest absolute Gasteiger partial charge is 0.174 e. The highest BCUT2D eigenvalue weighted by Crippen LogP contribution is 2.23. The SMILES string of the molecule is Cc1cccc(NC(=S)N(CCC(C)C)C(C)c2ccco2)c1. The molecule has 0 fully saturated rings. The third-order valence-electron chi connectivity index (χ3n) is 3.90. The summed E-state index contributed by atoms with van der Waals surface area (Å²) in [5.74, 6) is 1.56. The Balaban J connectivity index is 2.13. The lowest BCUT2D eigenvalue weighted by Gasteiger charge is -2.31. The van der Waals surface area contributed by atoms with E-state index in [0.29, 0.717) is 5.92 Å². The van der Waals surface area contributed by atoms with E-state index in [9.17, 15) is 0 Å². The highest BCUT2D eigenvalue weighted by Gasteiger charge is 2.21. The maximum Gasteiger partial charge on any atom is 0.174 e. The molecule has 2 aromatic rings. The Morgan fingerprint density at radius 2 is 2.00 bits per heavy atom. The first-order valence-electron chi connectivity index (χ1n) is 8.15. The number of nitrogens with one attached hydrogen (secondary N) is 1. The molecule has 0 radical (unpaired) electrons. The molecule has 4 heteroatoms.